The summed E-state index contributed by atoms with van der Waals surface area (Å²) in [6.45, 7) is 4.15. The van der Waals surface area contributed by atoms with Crippen LogP contribution in [0, 0.1) is 11.3 Å². The number of amides is 1. The molecule has 0 aromatic heterocycles. The summed E-state index contributed by atoms with van der Waals surface area (Å²) in [5, 5.41) is 23.6. The van der Waals surface area contributed by atoms with Crippen molar-refractivity contribution in [1.82, 2.24) is 5.32 Å². The maximum Gasteiger partial charge on any atom is 0.326 e. The predicted octanol–water partition coefficient (Wildman–Crippen LogP) is 2.95. The van der Waals surface area contributed by atoms with Crippen LogP contribution in [0.3, 0.4) is 0 Å². The molecular weight excluding hydrogens is 338 g/mol. The van der Waals surface area contributed by atoms with Crippen molar-refractivity contribution in [3.63, 3.8) is 0 Å². The van der Waals surface area contributed by atoms with Crippen molar-refractivity contribution in [2.45, 2.75) is 32.2 Å². The molecule has 0 spiro atoms. The second kappa shape index (κ2) is 10.4. The number of benzene rings is 1. The van der Waals surface area contributed by atoms with Crippen molar-refractivity contribution in [3.05, 3.63) is 41.6 Å². The number of carboxylic acids is 1. The standard InChI is InChI=1S/C18H23N3O3S/c1-12(2)13-4-6-15(7-5-13)21-17(22)14(10-19)11-20-16(18(23)24)8-9-25-3/h4-7,11-12,16,20H,8-9H2,1-3H3,(H,21,22)(H,23,24)/b14-11-. The van der Waals surface area contributed by atoms with Crippen LogP contribution in [0.5, 0.6) is 0 Å². The molecule has 1 amide bonds. The normalized spacial score (nSPS) is 12.4. The van der Waals surface area contributed by atoms with Crippen molar-refractivity contribution >= 4 is 29.3 Å². The van der Waals surface area contributed by atoms with E-state index in [0.29, 0.717) is 23.8 Å². The van der Waals surface area contributed by atoms with Gasteiger partial charge >= 0.3 is 5.97 Å². The summed E-state index contributed by atoms with van der Waals surface area (Å²) in [5.41, 5.74) is 1.55. The fourth-order valence-electron chi connectivity index (χ4n) is 2.00. The van der Waals surface area contributed by atoms with Gasteiger partial charge in [0.25, 0.3) is 5.91 Å². The number of thioether (sulfide) groups is 1. The van der Waals surface area contributed by atoms with Gasteiger partial charge in [0.05, 0.1) is 0 Å². The molecule has 0 radical (unpaired) electrons. The van der Waals surface area contributed by atoms with E-state index in [0.717, 1.165) is 11.8 Å². The number of hydrogen-bond donors (Lipinski definition) is 3. The van der Waals surface area contributed by atoms with Crippen LogP contribution in [0.15, 0.2) is 36.0 Å². The lowest BCUT2D eigenvalue weighted by Crippen LogP contribution is -2.34. The summed E-state index contributed by atoms with van der Waals surface area (Å²) in [6, 6.07) is 8.32. The first kappa shape index (κ1) is 20.6. The number of nitrogens with zero attached hydrogens (tertiary/aromatic N) is 1. The van der Waals surface area contributed by atoms with Crippen LogP contribution in [0.2, 0.25) is 0 Å². The second-order valence-electron chi connectivity index (χ2n) is 5.74. The van der Waals surface area contributed by atoms with Crippen LogP contribution >= 0.6 is 11.8 Å². The molecule has 0 fully saturated rings. The Bertz CT molecular complexity index is 663. The molecule has 134 valence electrons. The number of rotatable bonds is 9. The highest BCUT2D eigenvalue weighted by atomic mass is 32.2. The predicted molar refractivity (Wildman–Crippen MR) is 100 cm³/mol. The zero-order chi connectivity index (χ0) is 18.8. The zero-order valence-electron chi connectivity index (χ0n) is 14.6. The van der Waals surface area contributed by atoms with E-state index in [1.807, 2.05) is 18.4 Å². The van der Waals surface area contributed by atoms with Crippen molar-refractivity contribution in [2.75, 3.05) is 17.3 Å². The van der Waals surface area contributed by atoms with E-state index < -0.39 is 17.9 Å². The summed E-state index contributed by atoms with van der Waals surface area (Å²) in [5.74, 6) is -0.556. The Morgan fingerprint density at radius 1 is 1.32 bits per heavy atom. The van der Waals surface area contributed by atoms with E-state index in [2.05, 4.69) is 24.5 Å². The van der Waals surface area contributed by atoms with Crippen LogP contribution < -0.4 is 10.6 Å². The molecular formula is C18H23N3O3S. The lowest BCUT2D eigenvalue weighted by atomic mass is 10.0. The monoisotopic (exact) mass is 361 g/mol. The van der Waals surface area contributed by atoms with E-state index in [9.17, 15) is 9.59 Å². The van der Waals surface area contributed by atoms with Crippen molar-refractivity contribution < 1.29 is 14.7 Å². The first-order valence-corrected chi connectivity index (χ1v) is 9.27. The maximum absolute atomic E-state index is 12.2. The molecule has 0 bridgehead atoms. The fourth-order valence-corrected chi connectivity index (χ4v) is 2.47. The Morgan fingerprint density at radius 2 is 1.96 bits per heavy atom. The molecule has 7 heteroatoms. The Kier molecular flexibility index (Phi) is 8.57. The number of hydrogen-bond acceptors (Lipinski definition) is 5. The van der Waals surface area contributed by atoms with Gasteiger partial charge in [0, 0.05) is 11.9 Å². The topological polar surface area (TPSA) is 102 Å². The Balaban J connectivity index is 2.75. The largest absolute Gasteiger partial charge is 0.480 e. The van der Waals surface area contributed by atoms with Gasteiger partial charge in [-0.05, 0) is 42.0 Å². The molecule has 1 atom stereocenters. The molecule has 0 aliphatic carbocycles. The number of nitriles is 1. The lowest BCUT2D eigenvalue weighted by molar-refractivity contribution is -0.139. The quantitative estimate of drug-likeness (QED) is 0.462. The van der Waals surface area contributed by atoms with E-state index in [1.165, 1.54) is 11.8 Å². The summed E-state index contributed by atoms with van der Waals surface area (Å²) < 4.78 is 0. The number of anilines is 1. The van der Waals surface area contributed by atoms with Gasteiger partial charge in [0.15, 0.2) is 0 Å². The summed E-state index contributed by atoms with van der Waals surface area (Å²) >= 11 is 1.53. The molecule has 1 unspecified atom stereocenters. The molecule has 1 rings (SSSR count). The smallest absolute Gasteiger partial charge is 0.326 e. The van der Waals surface area contributed by atoms with Gasteiger partial charge in [-0.25, -0.2) is 4.79 Å². The molecule has 1 aromatic rings. The summed E-state index contributed by atoms with van der Waals surface area (Å²) in [7, 11) is 0. The molecule has 0 aliphatic rings. The highest BCUT2D eigenvalue weighted by Crippen LogP contribution is 2.17. The van der Waals surface area contributed by atoms with Crippen LogP contribution in [0.1, 0.15) is 31.7 Å². The molecule has 3 N–H and O–H groups in total. The third-order valence-electron chi connectivity index (χ3n) is 3.54. The average Bonchev–Trinajstić information content (AvgIpc) is 2.58. The van der Waals surface area contributed by atoms with Crippen molar-refractivity contribution in [3.8, 4) is 6.07 Å². The molecule has 25 heavy (non-hydrogen) atoms. The van der Waals surface area contributed by atoms with Crippen molar-refractivity contribution in [2.24, 2.45) is 0 Å². The second-order valence-corrected chi connectivity index (χ2v) is 6.73. The SMILES string of the molecule is CSCCC(N/C=C(/C#N)C(=O)Nc1ccc(C(C)C)cc1)C(=O)O. The van der Waals surface area contributed by atoms with Gasteiger partial charge < -0.3 is 15.7 Å². The van der Waals surface area contributed by atoms with E-state index in [1.54, 1.807) is 18.2 Å². The first-order chi connectivity index (χ1) is 11.9. The summed E-state index contributed by atoms with van der Waals surface area (Å²) in [6.07, 6.45) is 3.44. The number of aliphatic carboxylic acids is 1. The number of carbonyl (C=O) groups excluding carboxylic acids is 1. The van der Waals surface area contributed by atoms with Crippen LogP contribution in [0.4, 0.5) is 5.69 Å². The van der Waals surface area contributed by atoms with Crippen molar-refractivity contribution in [1.29, 1.82) is 5.26 Å². The van der Waals surface area contributed by atoms with Gasteiger partial charge in [-0.3, -0.25) is 4.79 Å². The summed E-state index contributed by atoms with van der Waals surface area (Å²) in [4.78, 5) is 23.3. The minimum atomic E-state index is -1.02. The van der Waals surface area contributed by atoms with Crippen LogP contribution in [-0.2, 0) is 9.59 Å². The lowest BCUT2D eigenvalue weighted by Gasteiger charge is -2.12. The first-order valence-electron chi connectivity index (χ1n) is 7.88. The third-order valence-corrected chi connectivity index (χ3v) is 4.18. The van der Waals surface area contributed by atoms with Gasteiger partial charge in [0.2, 0.25) is 0 Å². The van der Waals surface area contributed by atoms with E-state index in [4.69, 9.17) is 10.4 Å². The molecule has 0 heterocycles. The van der Waals surface area contributed by atoms with Gasteiger partial charge in [-0.15, -0.1) is 0 Å². The number of carboxylic acid groups (broad SMARTS) is 1. The highest BCUT2D eigenvalue weighted by molar-refractivity contribution is 7.98. The molecule has 0 saturated heterocycles. The third kappa shape index (κ3) is 6.89. The molecule has 0 aliphatic heterocycles. The van der Waals surface area contributed by atoms with Crippen LogP contribution in [-0.4, -0.2) is 35.0 Å². The average molecular weight is 361 g/mol. The van der Waals surface area contributed by atoms with E-state index in [-0.39, 0.29) is 5.57 Å². The number of carbonyl (C=O) groups is 2. The Labute approximate surface area is 152 Å². The maximum atomic E-state index is 12.2. The highest BCUT2D eigenvalue weighted by Gasteiger charge is 2.16. The number of nitrogens with one attached hydrogen (secondary N) is 2. The van der Waals surface area contributed by atoms with Gasteiger partial charge in [0.1, 0.15) is 17.7 Å². The molecule has 6 nitrogen and oxygen atoms in total. The zero-order valence-corrected chi connectivity index (χ0v) is 15.4. The Hall–Kier alpha value is -2.46. The van der Waals surface area contributed by atoms with Gasteiger partial charge in [-0.2, -0.15) is 17.0 Å². The Morgan fingerprint density at radius 3 is 2.44 bits per heavy atom. The minimum Gasteiger partial charge on any atom is -0.480 e. The van der Waals surface area contributed by atoms with Gasteiger partial charge in [-0.1, -0.05) is 26.0 Å². The van der Waals surface area contributed by atoms with E-state index >= 15 is 0 Å². The minimum absolute atomic E-state index is 0.177. The molecule has 1 aromatic carbocycles. The fraction of sp³-hybridized carbons (Fsp3) is 0.389. The van der Waals surface area contributed by atoms with Crippen LogP contribution in [0.25, 0.3) is 0 Å². The molecule has 0 saturated carbocycles.